The first-order chi connectivity index (χ1) is 10.5. The lowest BCUT2D eigenvalue weighted by molar-refractivity contribution is 0.102. The van der Waals surface area contributed by atoms with E-state index in [1.165, 1.54) is 6.33 Å². The highest BCUT2D eigenvalue weighted by molar-refractivity contribution is 6.03. The average molecular weight is 316 g/mol. The molecule has 0 atom stereocenters. The number of carbonyl (C=O) groups is 1. The fraction of sp³-hybridized carbons (Fsp3) is 0.471. The SMILES string of the molecule is CC(C)(C)c1cc(C(=O)Nc2ncn[nH]2)cc(C(C)(C)C)c1O. The number of benzene rings is 1. The van der Waals surface area contributed by atoms with Gasteiger partial charge in [0, 0.05) is 16.7 Å². The van der Waals surface area contributed by atoms with E-state index in [1.54, 1.807) is 12.1 Å². The zero-order valence-electron chi connectivity index (χ0n) is 14.5. The molecule has 0 spiro atoms. The van der Waals surface area contributed by atoms with E-state index in [4.69, 9.17) is 0 Å². The molecule has 0 saturated heterocycles. The van der Waals surface area contributed by atoms with Crippen LogP contribution in [0.4, 0.5) is 5.95 Å². The van der Waals surface area contributed by atoms with Crippen LogP contribution in [0.3, 0.4) is 0 Å². The van der Waals surface area contributed by atoms with Crippen molar-refractivity contribution in [3.05, 3.63) is 35.2 Å². The summed E-state index contributed by atoms with van der Waals surface area (Å²) in [5.74, 6) is 0.247. The number of nitrogens with one attached hydrogen (secondary N) is 2. The summed E-state index contributed by atoms with van der Waals surface area (Å²) in [6.45, 7) is 12.0. The number of phenols is 1. The van der Waals surface area contributed by atoms with Crippen molar-refractivity contribution in [2.75, 3.05) is 5.32 Å². The average Bonchev–Trinajstić information content (AvgIpc) is 2.88. The molecule has 1 heterocycles. The van der Waals surface area contributed by atoms with Gasteiger partial charge in [0.15, 0.2) is 0 Å². The monoisotopic (exact) mass is 316 g/mol. The van der Waals surface area contributed by atoms with Crippen LogP contribution >= 0.6 is 0 Å². The quantitative estimate of drug-likeness (QED) is 0.792. The maximum Gasteiger partial charge on any atom is 0.258 e. The first-order valence-electron chi connectivity index (χ1n) is 7.55. The van der Waals surface area contributed by atoms with Crippen molar-refractivity contribution in [1.82, 2.24) is 15.2 Å². The lowest BCUT2D eigenvalue weighted by Crippen LogP contribution is -2.21. The van der Waals surface area contributed by atoms with Crippen LogP contribution in [-0.2, 0) is 10.8 Å². The largest absolute Gasteiger partial charge is 0.507 e. The van der Waals surface area contributed by atoms with E-state index in [2.05, 4.69) is 20.5 Å². The van der Waals surface area contributed by atoms with E-state index < -0.39 is 0 Å². The van der Waals surface area contributed by atoms with Crippen LogP contribution in [0.5, 0.6) is 5.75 Å². The Morgan fingerprint density at radius 1 is 1.09 bits per heavy atom. The number of carbonyl (C=O) groups excluding carboxylic acids is 1. The molecule has 0 aliphatic rings. The van der Waals surface area contributed by atoms with Crippen LogP contribution in [-0.4, -0.2) is 26.2 Å². The minimum atomic E-state index is -0.294. The Labute approximate surface area is 136 Å². The number of anilines is 1. The maximum atomic E-state index is 12.5. The Morgan fingerprint density at radius 3 is 2.00 bits per heavy atom. The van der Waals surface area contributed by atoms with Crippen molar-refractivity contribution < 1.29 is 9.90 Å². The van der Waals surface area contributed by atoms with Gasteiger partial charge in [-0.3, -0.25) is 10.1 Å². The van der Waals surface area contributed by atoms with Crippen LogP contribution in [0, 0.1) is 0 Å². The highest BCUT2D eigenvalue weighted by atomic mass is 16.3. The third-order valence-electron chi connectivity index (χ3n) is 3.64. The van der Waals surface area contributed by atoms with E-state index >= 15 is 0 Å². The molecule has 0 aliphatic heterocycles. The molecule has 3 N–H and O–H groups in total. The molecular weight excluding hydrogens is 292 g/mol. The van der Waals surface area contributed by atoms with E-state index in [-0.39, 0.29) is 28.4 Å². The topological polar surface area (TPSA) is 90.9 Å². The Balaban J connectivity index is 2.53. The molecule has 0 aliphatic carbocycles. The Bertz CT molecular complexity index is 672. The molecule has 6 nitrogen and oxygen atoms in total. The second-order valence-electron chi connectivity index (χ2n) is 7.71. The Hall–Kier alpha value is -2.37. The summed E-state index contributed by atoms with van der Waals surface area (Å²) < 4.78 is 0. The van der Waals surface area contributed by atoms with E-state index in [0.717, 1.165) is 11.1 Å². The molecule has 2 aromatic rings. The summed E-state index contributed by atoms with van der Waals surface area (Å²) in [4.78, 5) is 16.4. The molecule has 0 fully saturated rings. The molecular formula is C17H24N4O2. The Kier molecular flexibility index (Phi) is 4.20. The number of aromatic nitrogens is 3. The third kappa shape index (κ3) is 3.70. The summed E-state index contributed by atoms with van der Waals surface area (Å²) >= 11 is 0. The number of aromatic amines is 1. The van der Waals surface area contributed by atoms with Gasteiger partial charge in [0.05, 0.1) is 0 Å². The smallest absolute Gasteiger partial charge is 0.258 e. The van der Waals surface area contributed by atoms with E-state index in [9.17, 15) is 9.90 Å². The third-order valence-corrected chi connectivity index (χ3v) is 3.64. The van der Waals surface area contributed by atoms with Crippen molar-refractivity contribution in [1.29, 1.82) is 0 Å². The zero-order valence-corrected chi connectivity index (χ0v) is 14.5. The second-order valence-corrected chi connectivity index (χ2v) is 7.71. The molecule has 23 heavy (non-hydrogen) atoms. The molecule has 0 unspecified atom stereocenters. The molecule has 0 bridgehead atoms. The number of phenolic OH excluding ortho intramolecular Hbond substituents is 1. The lowest BCUT2D eigenvalue weighted by atomic mass is 9.78. The van der Waals surface area contributed by atoms with Gasteiger partial charge >= 0.3 is 0 Å². The van der Waals surface area contributed by atoms with E-state index in [1.807, 2.05) is 41.5 Å². The highest BCUT2D eigenvalue weighted by Crippen LogP contribution is 2.39. The number of hydrogen-bond donors (Lipinski definition) is 3. The van der Waals surface area contributed by atoms with Gasteiger partial charge in [-0.05, 0) is 23.0 Å². The van der Waals surface area contributed by atoms with Crippen LogP contribution < -0.4 is 5.32 Å². The fourth-order valence-electron chi connectivity index (χ4n) is 2.35. The predicted octanol–water partition coefficient (Wildman–Crippen LogP) is 3.36. The number of nitrogens with zero attached hydrogens (tertiary/aromatic N) is 2. The molecule has 6 heteroatoms. The van der Waals surface area contributed by atoms with Gasteiger partial charge in [-0.1, -0.05) is 41.5 Å². The van der Waals surface area contributed by atoms with Crippen molar-refractivity contribution in [2.24, 2.45) is 0 Å². The Morgan fingerprint density at radius 2 is 1.61 bits per heavy atom. The van der Waals surface area contributed by atoms with Crippen molar-refractivity contribution in [3.8, 4) is 5.75 Å². The standard InChI is InChI=1S/C17H24N4O2/c1-16(2,3)11-7-10(8-12(13(11)22)17(4,5)6)14(23)20-15-18-9-19-21-15/h7-9,22H,1-6H3,(H2,18,19,20,21,23). The van der Waals surface area contributed by atoms with Crippen LogP contribution in [0.25, 0.3) is 0 Å². The zero-order chi connectivity index (χ0) is 17.4. The summed E-state index contributed by atoms with van der Waals surface area (Å²) in [5.41, 5.74) is 1.40. The first-order valence-corrected chi connectivity index (χ1v) is 7.55. The molecule has 1 aromatic heterocycles. The van der Waals surface area contributed by atoms with E-state index in [0.29, 0.717) is 5.56 Å². The van der Waals surface area contributed by atoms with Gasteiger partial charge in [0.25, 0.3) is 5.91 Å². The highest BCUT2D eigenvalue weighted by Gasteiger charge is 2.27. The van der Waals surface area contributed by atoms with Crippen LogP contribution in [0.2, 0.25) is 0 Å². The molecule has 1 amide bonds. The normalized spacial score (nSPS) is 12.3. The van der Waals surface area contributed by atoms with Gasteiger partial charge in [-0.15, -0.1) is 0 Å². The minimum absolute atomic E-state index is 0.251. The summed E-state index contributed by atoms with van der Waals surface area (Å²) in [6.07, 6.45) is 1.33. The van der Waals surface area contributed by atoms with Crippen molar-refractivity contribution in [2.45, 2.75) is 52.4 Å². The van der Waals surface area contributed by atoms with Gasteiger partial charge < -0.3 is 5.11 Å². The van der Waals surface area contributed by atoms with Gasteiger partial charge in [-0.2, -0.15) is 10.1 Å². The van der Waals surface area contributed by atoms with Crippen LogP contribution in [0.1, 0.15) is 63.0 Å². The molecule has 124 valence electrons. The van der Waals surface area contributed by atoms with Gasteiger partial charge in [0.2, 0.25) is 5.95 Å². The molecule has 0 saturated carbocycles. The molecule has 2 rings (SSSR count). The second kappa shape index (κ2) is 5.68. The van der Waals surface area contributed by atoms with Gasteiger partial charge in [0.1, 0.15) is 12.1 Å². The summed E-state index contributed by atoms with van der Waals surface area (Å²) in [6, 6.07) is 3.46. The number of amides is 1. The fourth-order valence-corrected chi connectivity index (χ4v) is 2.35. The molecule has 1 aromatic carbocycles. The van der Waals surface area contributed by atoms with Crippen molar-refractivity contribution >= 4 is 11.9 Å². The van der Waals surface area contributed by atoms with Gasteiger partial charge in [-0.25, -0.2) is 5.10 Å². The maximum absolute atomic E-state index is 12.5. The number of rotatable bonds is 2. The first kappa shape index (κ1) is 17.0. The van der Waals surface area contributed by atoms with Crippen LogP contribution in [0.15, 0.2) is 18.5 Å². The number of aromatic hydroxyl groups is 1. The minimum Gasteiger partial charge on any atom is -0.507 e. The summed E-state index contributed by atoms with van der Waals surface area (Å²) in [7, 11) is 0. The predicted molar refractivity (Wildman–Crippen MR) is 89.8 cm³/mol. The number of H-pyrrole nitrogens is 1. The summed E-state index contributed by atoms with van der Waals surface area (Å²) in [5, 5.41) is 19.6. The van der Waals surface area contributed by atoms with Crippen molar-refractivity contribution in [3.63, 3.8) is 0 Å². The lowest BCUT2D eigenvalue weighted by Gasteiger charge is -2.28. The number of hydrogen-bond acceptors (Lipinski definition) is 4. The molecule has 0 radical (unpaired) electrons.